The van der Waals surface area contributed by atoms with Gasteiger partial charge >= 0.3 is 0 Å². The van der Waals surface area contributed by atoms with Gasteiger partial charge in [-0.25, -0.2) is 9.38 Å². The fraction of sp³-hybridized carbons (Fsp3) is 0.409. The third-order valence-corrected chi connectivity index (χ3v) is 7.52. The number of aryl methyl sites for hydroxylation is 1. The Morgan fingerprint density at radius 2 is 2.14 bits per heavy atom. The molecule has 1 amide bonds. The Balaban J connectivity index is 1.86. The highest BCUT2D eigenvalue weighted by Gasteiger charge is 2.53. The highest BCUT2D eigenvalue weighted by atomic mass is 32.1. The number of rotatable bonds is 4. The first-order chi connectivity index (χ1) is 13.8. The highest BCUT2D eigenvalue weighted by Crippen LogP contribution is 2.52. The molecule has 150 valence electrons. The zero-order valence-electron chi connectivity index (χ0n) is 16.7. The number of thiophene rings is 1. The molecule has 1 aromatic heterocycles. The van der Waals surface area contributed by atoms with Crippen LogP contribution in [0.4, 0.5) is 4.39 Å². The van der Waals surface area contributed by atoms with Gasteiger partial charge in [0, 0.05) is 16.8 Å². The fourth-order valence-electron chi connectivity index (χ4n) is 4.21. The second-order valence-electron chi connectivity index (χ2n) is 7.94. The molecule has 7 heteroatoms. The molecule has 2 heterocycles. The number of aliphatic imine (C=N–C) groups is 1. The molecule has 2 atom stereocenters. The van der Waals surface area contributed by atoms with Crippen molar-refractivity contribution in [1.82, 2.24) is 4.90 Å². The second-order valence-corrected chi connectivity index (χ2v) is 9.07. The first kappa shape index (κ1) is 19.6. The van der Waals surface area contributed by atoms with Crippen LogP contribution in [-0.2, 0) is 16.8 Å². The van der Waals surface area contributed by atoms with Gasteiger partial charge in [-0.3, -0.25) is 9.69 Å². The van der Waals surface area contributed by atoms with Crippen molar-refractivity contribution in [3.63, 3.8) is 0 Å². The SMILES string of the molecule is CCc1sc([C@@]2(C)N=C(N)N(C)C(=O)[C@H]2C2CC2)cc1-c1ccc(F)c(C#N)c1. The first-order valence-corrected chi connectivity index (χ1v) is 10.6. The lowest BCUT2D eigenvalue weighted by atomic mass is 9.78. The van der Waals surface area contributed by atoms with Gasteiger partial charge in [0.15, 0.2) is 5.96 Å². The Labute approximate surface area is 173 Å². The van der Waals surface area contributed by atoms with Crippen molar-refractivity contribution in [3.8, 4) is 17.2 Å². The fourth-order valence-corrected chi connectivity index (χ4v) is 5.46. The molecule has 1 aromatic carbocycles. The van der Waals surface area contributed by atoms with Gasteiger partial charge < -0.3 is 5.73 Å². The second kappa shape index (κ2) is 6.96. The molecule has 2 aliphatic rings. The first-order valence-electron chi connectivity index (χ1n) is 9.76. The minimum Gasteiger partial charge on any atom is -0.369 e. The zero-order chi connectivity index (χ0) is 20.9. The summed E-state index contributed by atoms with van der Waals surface area (Å²) < 4.78 is 13.8. The summed E-state index contributed by atoms with van der Waals surface area (Å²) in [7, 11) is 1.68. The number of carbonyl (C=O) groups is 1. The van der Waals surface area contributed by atoms with Gasteiger partial charge in [0.25, 0.3) is 0 Å². The molecule has 1 aliphatic heterocycles. The monoisotopic (exact) mass is 410 g/mol. The van der Waals surface area contributed by atoms with Crippen LogP contribution in [0.25, 0.3) is 11.1 Å². The quantitative estimate of drug-likeness (QED) is 0.826. The Bertz CT molecular complexity index is 1070. The topological polar surface area (TPSA) is 82.5 Å². The van der Waals surface area contributed by atoms with Crippen LogP contribution in [0, 0.1) is 29.0 Å². The molecule has 29 heavy (non-hydrogen) atoms. The maximum absolute atomic E-state index is 13.8. The largest absolute Gasteiger partial charge is 0.369 e. The Morgan fingerprint density at radius 1 is 1.41 bits per heavy atom. The molecular formula is C22H23FN4OS. The molecule has 1 saturated carbocycles. The number of hydrogen-bond acceptors (Lipinski definition) is 5. The van der Waals surface area contributed by atoms with Crippen LogP contribution in [0.5, 0.6) is 0 Å². The predicted octanol–water partition coefficient (Wildman–Crippen LogP) is 4.02. The number of halogens is 1. The molecule has 1 aliphatic carbocycles. The third kappa shape index (κ3) is 3.12. The van der Waals surface area contributed by atoms with Crippen molar-refractivity contribution in [3.05, 3.63) is 45.4 Å². The number of nitriles is 1. The zero-order valence-corrected chi connectivity index (χ0v) is 17.5. The van der Waals surface area contributed by atoms with E-state index in [9.17, 15) is 14.4 Å². The summed E-state index contributed by atoms with van der Waals surface area (Å²) in [6.45, 7) is 4.06. The Hall–Kier alpha value is -2.72. The molecule has 0 spiro atoms. The molecular weight excluding hydrogens is 387 g/mol. The normalized spacial score (nSPS) is 24.4. The maximum atomic E-state index is 13.8. The number of nitrogens with two attached hydrogens (primary N) is 1. The van der Waals surface area contributed by atoms with Crippen molar-refractivity contribution in [2.45, 2.75) is 38.6 Å². The van der Waals surface area contributed by atoms with Gasteiger partial charge in [-0.1, -0.05) is 13.0 Å². The standard InChI is InChI=1S/C22H23FN4OS/c1-4-17-15(13-7-8-16(23)14(9-13)11-24)10-18(29-17)22(2)19(12-5-6-12)20(28)27(3)21(25)26-22/h7-10,12,19H,4-6H2,1-3H3,(H2,25,26)/t19-,22-/m1/s1. The molecule has 0 bridgehead atoms. The summed E-state index contributed by atoms with van der Waals surface area (Å²) in [5, 5.41) is 9.19. The van der Waals surface area contributed by atoms with Crippen molar-refractivity contribution in [1.29, 1.82) is 5.26 Å². The van der Waals surface area contributed by atoms with E-state index in [2.05, 4.69) is 6.92 Å². The number of carbonyl (C=O) groups excluding carboxylic acids is 1. The Kier molecular flexibility index (Phi) is 4.70. The summed E-state index contributed by atoms with van der Waals surface area (Å²) in [6.07, 6.45) is 2.84. The average Bonchev–Trinajstić information content (AvgIpc) is 3.42. The van der Waals surface area contributed by atoms with Crippen molar-refractivity contribution >= 4 is 23.2 Å². The van der Waals surface area contributed by atoms with Crippen molar-refractivity contribution in [2.24, 2.45) is 22.6 Å². The van der Waals surface area contributed by atoms with E-state index in [4.69, 9.17) is 10.7 Å². The molecule has 5 nitrogen and oxygen atoms in total. The summed E-state index contributed by atoms with van der Waals surface area (Å²) in [5.41, 5.74) is 7.15. The minimum absolute atomic E-state index is 0.0176. The summed E-state index contributed by atoms with van der Waals surface area (Å²) in [6, 6.07) is 8.55. The molecule has 2 aromatic rings. The van der Waals surface area contributed by atoms with Crippen LogP contribution in [0.2, 0.25) is 0 Å². The van der Waals surface area contributed by atoms with E-state index in [1.165, 1.54) is 11.0 Å². The van der Waals surface area contributed by atoms with Crippen LogP contribution in [0.1, 0.15) is 42.0 Å². The van der Waals surface area contributed by atoms with Crippen LogP contribution in [0.3, 0.4) is 0 Å². The van der Waals surface area contributed by atoms with Gasteiger partial charge in [-0.05, 0) is 61.4 Å². The minimum atomic E-state index is -0.722. The van der Waals surface area contributed by atoms with Crippen LogP contribution < -0.4 is 5.73 Å². The van der Waals surface area contributed by atoms with E-state index >= 15 is 0 Å². The predicted molar refractivity (Wildman–Crippen MR) is 112 cm³/mol. The smallest absolute Gasteiger partial charge is 0.235 e. The molecule has 1 fully saturated rings. The van der Waals surface area contributed by atoms with Gasteiger partial charge in [0.2, 0.25) is 5.91 Å². The van der Waals surface area contributed by atoms with E-state index in [0.717, 1.165) is 40.1 Å². The summed E-state index contributed by atoms with van der Waals surface area (Å²) in [4.78, 5) is 21.4. The summed E-state index contributed by atoms with van der Waals surface area (Å²) in [5.74, 6) is -0.193. The Morgan fingerprint density at radius 3 is 2.76 bits per heavy atom. The van der Waals surface area contributed by atoms with Crippen LogP contribution in [-0.4, -0.2) is 23.8 Å². The molecule has 4 rings (SSSR count). The molecule has 0 radical (unpaired) electrons. The highest BCUT2D eigenvalue weighted by molar-refractivity contribution is 7.12. The molecule has 0 saturated heterocycles. The van der Waals surface area contributed by atoms with E-state index in [1.807, 2.05) is 19.1 Å². The lowest BCUT2D eigenvalue weighted by Crippen LogP contribution is -2.54. The average molecular weight is 411 g/mol. The molecule has 2 N–H and O–H groups in total. The summed E-state index contributed by atoms with van der Waals surface area (Å²) >= 11 is 1.62. The van der Waals surface area contributed by atoms with E-state index in [-0.39, 0.29) is 23.3 Å². The number of benzene rings is 1. The number of amides is 1. The lowest BCUT2D eigenvalue weighted by molar-refractivity contribution is -0.134. The maximum Gasteiger partial charge on any atom is 0.235 e. The van der Waals surface area contributed by atoms with Crippen molar-refractivity contribution < 1.29 is 9.18 Å². The van der Waals surface area contributed by atoms with E-state index < -0.39 is 11.4 Å². The lowest BCUT2D eigenvalue weighted by Gasteiger charge is -2.40. The van der Waals surface area contributed by atoms with Crippen LogP contribution in [0.15, 0.2) is 29.3 Å². The van der Waals surface area contributed by atoms with Gasteiger partial charge in [0.05, 0.1) is 11.5 Å². The third-order valence-electron chi connectivity index (χ3n) is 6.01. The van der Waals surface area contributed by atoms with Gasteiger partial charge in [-0.15, -0.1) is 11.3 Å². The van der Waals surface area contributed by atoms with Gasteiger partial charge in [-0.2, -0.15) is 5.26 Å². The van der Waals surface area contributed by atoms with Crippen molar-refractivity contribution in [2.75, 3.05) is 7.05 Å². The van der Waals surface area contributed by atoms with Crippen LogP contribution >= 0.6 is 11.3 Å². The number of hydrogen-bond donors (Lipinski definition) is 1. The van der Waals surface area contributed by atoms with E-state index in [0.29, 0.717) is 5.92 Å². The number of guanidine groups is 1. The number of nitrogens with zero attached hydrogens (tertiary/aromatic N) is 3. The van der Waals surface area contributed by atoms with Gasteiger partial charge in [0.1, 0.15) is 17.4 Å². The van der Waals surface area contributed by atoms with E-state index in [1.54, 1.807) is 30.5 Å². The molecule has 0 unspecified atom stereocenters.